The molecule has 8 heteroatoms. The fraction of sp³-hybridized carbons (Fsp3) is 0.136. The zero-order valence-corrected chi connectivity index (χ0v) is 17.6. The summed E-state index contributed by atoms with van der Waals surface area (Å²) in [5.41, 5.74) is 0.975. The van der Waals surface area contributed by atoms with E-state index in [4.69, 9.17) is 40.1 Å². The van der Waals surface area contributed by atoms with Gasteiger partial charge in [-0.15, -0.1) is 0 Å². The Labute approximate surface area is 187 Å². The number of rotatable bonds is 4. The Balaban J connectivity index is 1.67. The van der Waals surface area contributed by atoms with Crippen LogP contribution in [0.25, 0.3) is 0 Å². The molecular weight excluding hydrogens is 448 g/mol. The SMILES string of the molecule is N#Cc1ccc(C(=O)NC2C[C@@]2(c2ccc(Cl)c(Cl)c2)c2ccc(Cl)cn2)cc1F. The minimum Gasteiger partial charge on any atom is -0.348 e. The first-order valence-electron chi connectivity index (χ1n) is 8.93. The molecule has 0 bridgehead atoms. The van der Waals surface area contributed by atoms with Gasteiger partial charge < -0.3 is 5.32 Å². The molecule has 0 saturated heterocycles. The molecule has 4 rings (SSSR count). The van der Waals surface area contributed by atoms with Crippen molar-refractivity contribution in [1.29, 1.82) is 5.26 Å². The van der Waals surface area contributed by atoms with Crippen LogP contribution in [-0.2, 0) is 5.41 Å². The average Bonchev–Trinajstić information content (AvgIpc) is 3.45. The van der Waals surface area contributed by atoms with Crippen LogP contribution < -0.4 is 5.32 Å². The summed E-state index contributed by atoms with van der Waals surface area (Å²) in [6.45, 7) is 0. The zero-order chi connectivity index (χ0) is 21.5. The molecule has 1 heterocycles. The van der Waals surface area contributed by atoms with Crippen LogP contribution in [0.5, 0.6) is 0 Å². The van der Waals surface area contributed by atoms with Gasteiger partial charge in [-0.2, -0.15) is 5.26 Å². The Kier molecular flexibility index (Phi) is 5.42. The first kappa shape index (κ1) is 20.6. The standard InChI is InChI=1S/C22H13Cl3FN3O/c23-15-4-6-19(28-11-15)22(14-3-5-16(24)17(25)8-14)9-20(22)29-21(30)12-1-2-13(10-27)18(26)7-12/h1-8,11,20H,9H2,(H,29,30)/t20?,22-/m1/s1. The second-order valence-electron chi connectivity index (χ2n) is 7.00. The highest BCUT2D eigenvalue weighted by atomic mass is 35.5. The topological polar surface area (TPSA) is 65.8 Å². The lowest BCUT2D eigenvalue weighted by atomic mass is 9.90. The van der Waals surface area contributed by atoms with E-state index in [0.717, 1.165) is 17.3 Å². The summed E-state index contributed by atoms with van der Waals surface area (Å²) in [5.74, 6) is -1.18. The van der Waals surface area contributed by atoms with E-state index in [-0.39, 0.29) is 17.2 Å². The normalized spacial score (nSPS) is 19.8. The molecule has 2 atom stereocenters. The van der Waals surface area contributed by atoms with Gasteiger partial charge in [-0.3, -0.25) is 9.78 Å². The number of aromatic nitrogens is 1. The van der Waals surface area contributed by atoms with Gasteiger partial charge in [0.15, 0.2) is 0 Å². The number of amides is 1. The largest absolute Gasteiger partial charge is 0.348 e. The van der Waals surface area contributed by atoms with Crippen LogP contribution in [0, 0.1) is 17.1 Å². The molecule has 0 aliphatic heterocycles. The predicted molar refractivity (Wildman–Crippen MR) is 113 cm³/mol. The van der Waals surface area contributed by atoms with Crippen molar-refractivity contribution >= 4 is 40.7 Å². The van der Waals surface area contributed by atoms with Crippen LogP contribution in [0.3, 0.4) is 0 Å². The maximum absolute atomic E-state index is 13.9. The van der Waals surface area contributed by atoms with E-state index in [1.165, 1.54) is 12.1 Å². The van der Waals surface area contributed by atoms with E-state index in [2.05, 4.69) is 10.3 Å². The number of halogens is 4. The lowest BCUT2D eigenvalue weighted by Gasteiger charge is -2.19. The molecule has 150 valence electrons. The Morgan fingerprint density at radius 1 is 1.13 bits per heavy atom. The Bertz CT molecular complexity index is 1190. The second-order valence-corrected chi connectivity index (χ2v) is 8.25. The summed E-state index contributed by atoms with van der Waals surface area (Å²) in [5, 5.41) is 13.1. The summed E-state index contributed by atoms with van der Waals surface area (Å²) in [6.07, 6.45) is 2.12. The van der Waals surface area contributed by atoms with Crippen molar-refractivity contribution in [2.75, 3.05) is 0 Å². The minimum atomic E-state index is -0.740. The third-order valence-electron chi connectivity index (χ3n) is 5.24. The molecule has 2 aromatic carbocycles. The lowest BCUT2D eigenvalue weighted by Crippen LogP contribution is -2.32. The van der Waals surface area contributed by atoms with E-state index < -0.39 is 17.1 Å². The minimum absolute atomic E-state index is 0.117. The molecule has 1 fully saturated rings. The van der Waals surface area contributed by atoms with Crippen molar-refractivity contribution in [2.45, 2.75) is 17.9 Å². The molecule has 1 aromatic heterocycles. The smallest absolute Gasteiger partial charge is 0.251 e. The predicted octanol–water partition coefficient (Wildman–Crippen LogP) is 5.54. The lowest BCUT2D eigenvalue weighted by molar-refractivity contribution is 0.0948. The third kappa shape index (κ3) is 3.63. The fourth-order valence-corrected chi connectivity index (χ4v) is 4.00. The molecule has 30 heavy (non-hydrogen) atoms. The van der Waals surface area contributed by atoms with Crippen molar-refractivity contribution < 1.29 is 9.18 Å². The number of nitriles is 1. The summed E-state index contributed by atoms with van der Waals surface area (Å²) in [4.78, 5) is 17.2. The molecule has 1 aliphatic carbocycles. The molecule has 0 spiro atoms. The Morgan fingerprint density at radius 3 is 2.57 bits per heavy atom. The molecule has 1 N–H and O–H groups in total. The Hall–Kier alpha value is -2.65. The molecule has 0 radical (unpaired) electrons. The van der Waals surface area contributed by atoms with Crippen LogP contribution in [0.1, 0.15) is 33.6 Å². The van der Waals surface area contributed by atoms with Crippen LogP contribution in [0.15, 0.2) is 54.7 Å². The van der Waals surface area contributed by atoms with Gasteiger partial charge in [-0.05, 0) is 54.4 Å². The number of pyridine rings is 1. The highest BCUT2D eigenvalue weighted by Gasteiger charge is 2.58. The highest BCUT2D eigenvalue weighted by Crippen LogP contribution is 2.53. The fourth-order valence-electron chi connectivity index (χ4n) is 3.59. The van der Waals surface area contributed by atoms with Gasteiger partial charge in [0.25, 0.3) is 5.91 Å². The van der Waals surface area contributed by atoms with Crippen LogP contribution in [0.4, 0.5) is 4.39 Å². The number of nitrogens with one attached hydrogen (secondary N) is 1. The number of carbonyl (C=O) groups excluding carboxylic acids is 1. The van der Waals surface area contributed by atoms with E-state index in [0.29, 0.717) is 21.5 Å². The maximum atomic E-state index is 13.9. The summed E-state index contributed by atoms with van der Waals surface area (Å²) >= 11 is 18.3. The number of hydrogen-bond donors (Lipinski definition) is 1. The van der Waals surface area contributed by atoms with E-state index in [9.17, 15) is 9.18 Å². The zero-order valence-electron chi connectivity index (χ0n) is 15.3. The third-order valence-corrected chi connectivity index (χ3v) is 6.20. The summed E-state index contributed by atoms with van der Waals surface area (Å²) < 4.78 is 13.9. The Morgan fingerprint density at radius 2 is 1.93 bits per heavy atom. The van der Waals surface area contributed by atoms with Gasteiger partial charge in [0, 0.05) is 17.8 Å². The van der Waals surface area contributed by atoms with Crippen LogP contribution in [-0.4, -0.2) is 16.9 Å². The number of hydrogen-bond acceptors (Lipinski definition) is 3. The van der Waals surface area contributed by atoms with Crippen molar-refractivity contribution in [3.63, 3.8) is 0 Å². The first-order chi connectivity index (χ1) is 14.3. The van der Waals surface area contributed by atoms with E-state index in [1.807, 2.05) is 6.07 Å². The molecule has 3 aromatic rings. The quantitative estimate of drug-likeness (QED) is 0.556. The number of benzene rings is 2. The summed E-state index contributed by atoms with van der Waals surface area (Å²) in [7, 11) is 0. The average molecular weight is 461 g/mol. The van der Waals surface area contributed by atoms with Gasteiger partial charge in [-0.1, -0.05) is 40.9 Å². The van der Waals surface area contributed by atoms with Gasteiger partial charge in [0.05, 0.1) is 31.7 Å². The first-order valence-corrected chi connectivity index (χ1v) is 10.1. The van der Waals surface area contributed by atoms with Crippen molar-refractivity contribution in [1.82, 2.24) is 10.3 Å². The van der Waals surface area contributed by atoms with Crippen molar-refractivity contribution in [3.05, 3.63) is 98.0 Å². The maximum Gasteiger partial charge on any atom is 0.251 e. The molecule has 1 saturated carbocycles. The molecule has 1 amide bonds. The van der Waals surface area contributed by atoms with E-state index in [1.54, 1.807) is 36.5 Å². The van der Waals surface area contributed by atoms with Gasteiger partial charge in [0.2, 0.25) is 0 Å². The van der Waals surface area contributed by atoms with Gasteiger partial charge in [-0.25, -0.2) is 4.39 Å². The van der Waals surface area contributed by atoms with Gasteiger partial charge >= 0.3 is 0 Å². The molecule has 1 aliphatic rings. The number of carbonyl (C=O) groups is 1. The molecule has 1 unspecified atom stereocenters. The van der Waals surface area contributed by atoms with Crippen LogP contribution in [0.2, 0.25) is 15.1 Å². The van der Waals surface area contributed by atoms with Crippen molar-refractivity contribution in [2.24, 2.45) is 0 Å². The monoisotopic (exact) mass is 459 g/mol. The second kappa shape index (κ2) is 7.88. The highest BCUT2D eigenvalue weighted by molar-refractivity contribution is 6.42. The number of nitrogens with zero attached hydrogens (tertiary/aromatic N) is 2. The van der Waals surface area contributed by atoms with Crippen LogP contribution >= 0.6 is 34.8 Å². The summed E-state index contributed by atoms with van der Waals surface area (Å²) in [6, 6.07) is 14.0. The molecular formula is C22H13Cl3FN3O. The van der Waals surface area contributed by atoms with Gasteiger partial charge in [0.1, 0.15) is 11.9 Å². The molecule has 4 nitrogen and oxygen atoms in total. The van der Waals surface area contributed by atoms with Crippen molar-refractivity contribution in [3.8, 4) is 6.07 Å². The van der Waals surface area contributed by atoms with E-state index >= 15 is 0 Å².